The zero-order valence-electron chi connectivity index (χ0n) is 14.3. The molecular formula is C18H25FN2O3S. The summed E-state index contributed by atoms with van der Waals surface area (Å²) in [7, 11) is -3.44. The van der Waals surface area contributed by atoms with Gasteiger partial charge in [0.1, 0.15) is 5.82 Å². The normalized spacial score (nSPS) is 20.7. The smallest absolute Gasteiger partial charge is 0.223 e. The average molecular weight is 368 g/mol. The van der Waals surface area contributed by atoms with Crippen LogP contribution >= 0.6 is 0 Å². The largest absolute Gasteiger partial charge is 0.353 e. The molecule has 0 bridgehead atoms. The Morgan fingerprint density at radius 1 is 1.08 bits per heavy atom. The van der Waals surface area contributed by atoms with Gasteiger partial charge in [0.05, 0.1) is 5.75 Å². The van der Waals surface area contributed by atoms with E-state index in [9.17, 15) is 17.6 Å². The van der Waals surface area contributed by atoms with E-state index in [1.54, 1.807) is 0 Å². The number of piperidine rings is 1. The highest BCUT2D eigenvalue weighted by Gasteiger charge is 2.32. The molecule has 0 aromatic heterocycles. The van der Waals surface area contributed by atoms with Gasteiger partial charge in [-0.3, -0.25) is 4.79 Å². The van der Waals surface area contributed by atoms with Crippen LogP contribution in [0.15, 0.2) is 24.3 Å². The van der Waals surface area contributed by atoms with Gasteiger partial charge < -0.3 is 5.32 Å². The van der Waals surface area contributed by atoms with Gasteiger partial charge in [-0.15, -0.1) is 0 Å². The number of carbonyl (C=O) groups excluding carboxylic acids is 1. The second-order valence-electron chi connectivity index (χ2n) is 7.05. The number of halogens is 1. The first kappa shape index (κ1) is 18.3. The van der Waals surface area contributed by atoms with E-state index in [2.05, 4.69) is 5.32 Å². The van der Waals surface area contributed by atoms with Gasteiger partial charge in [-0.1, -0.05) is 25.0 Å². The molecule has 1 saturated carbocycles. The van der Waals surface area contributed by atoms with E-state index in [1.165, 1.54) is 41.4 Å². The summed E-state index contributed by atoms with van der Waals surface area (Å²) >= 11 is 0. The predicted octanol–water partition coefficient (Wildman–Crippen LogP) is 2.43. The Kier molecular flexibility index (Phi) is 5.74. The van der Waals surface area contributed by atoms with E-state index in [0.717, 1.165) is 12.8 Å². The summed E-state index contributed by atoms with van der Waals surface area (Å²) in [6, 6.07) is 5.82. The second-order valence-corrected chi connectivity index (χ2v) is 9.01. The quantitative estimate of drug-likeness (QED) is 0.868. The first-order valence-corrected chi connectivity index (χ1v) is 10.6. The van der Waals surface area contributed by atoms with Crippen LogP contribution in [0, 0.1) is 11.7 Å². The lowest BCUT2D eigenvalue weighted by Gasteiger charge is -2.31. The lowest BCUT2D eigenvalue weighted by molar-refractivity contribution is -0.126. The van der Waals surface area contributed by atoms with Crippen LogP contribution in [0.1, 0.15) is 44.1 Å². The molecule has 0 spiro atoms. The van der Waals surface area contributed by atoms with Crippen molar-refractivity contribution in [3.8, 4) is 0 Å². The molecule has 1 aromatic carbocycles. The van der Waals surface area contributed by atoms with E-state index in [1.807, 2.05) is 0 Å². The van der Waals surface area contributed by atoms with Gasteiger partial charge in [0.15, 0.2) is 0 Å². The highest BCUT2D eigenvalue weighted by molar-refractivity contribution is 7.88. The molecule has 7 heteroatoms. The number of nitrogens with zero attached hydrogens (tertiary/aromatic N) is 1. The van der Waals surface area contributed by atoms with Crippen LogP contribution in [0.5, 0.6) is 0 Å². The SMILES string of the molecule is O=C(NC1CCCC1)C1CCN(S(=O)(=O)Cc2ccc(F)cc2)CC1. The maximum absolute atomic E-state index is 12.9. The Hall–Kier alpha value is -1.47. The van der Waals surface area contributed by atoms with Crippen LogP contribution in [0.4, 0.5) is 4.39 Å². The average Bonchev–Trinajstić information content (AvgIpc) is 3.10. The van der Waals surface area contributed by atoms with Crippen molar-refractivity contribution in [3.63, 3.8) is 0 Å². The number of carbonyl (C=O) groups is 1. The van der Waals surface area contributed by atoms with Crippen LogP contribution < -0.4 is 5.32 Å². The van der Waals surface area contributed by atoms with Crippen molar-refractivity contribution in [2.24, 2.45) is 5.92 Å². The van der Waals surface area contributed by atoms with Gasteiger partial charge >= 0.3 is 0 Å². The van der Waals surface area contributed by atoms with Gasteiger partial charge in [-0.25, -0.2) is 17.1 Å². The maximum Gasteiger partial charge on any atom is 0.223 e. The van der Waals surface area contributed by atoms with Crippen molar-refractivity contribution >= 4 is 15.9 Å². The molecular weight excluding hydrogens is 343 g/mol. The Morgan fingerprint density at radius 3 is 2.28 bits per heavy atom. The van der Waals surface area contributed by atoms with Crippen molar-refractivity contribution in [1.82, 2.24) is 9.62 Å². The van der Waals surface area contributed by atoms with E-state index in [4.69, 9.17) is 0 Å². The minimum atomic E-state index is -3.44. The monoisotopic (exact) mass is 368 g/mol. The molecule has 1 heterocycles. The molecule has 1 N–H and O–H groups in total. The molecule has 3 rings (SSSR count). The third kappa shape index (κ3) is 4.79. The molecule has 0 unspecified atom stereocenters. The van der Waals surface area contributed by atoms with Crippen LogP contribution in [-0.2, 0) is 20.6 Å². The topological polar surface area (TPSA) is 66.5 Å². The zero-order valence-corrected chi connectivity index (χ0v) is 15.1. The number of rotatable bonds is 5. The number of benzene rings is 1. The van der Waals surface area contributed by atoms with Crippen molar-refractivity contribution in [1.29, 1.82) is 0 Å². The molecule has 1 aliphatic carbocycles. The first-order chi connectivity index (χ1) is 11.9. The Morgan fingerprint density at radius 2 is 1.68 bits per heavy atom. The van der Waals surface area contributed by atoms with Crippen molar-refractivity contribution in [2.75, 3.05) is 13.1 Å². The van der Waals surface area contributed by atoms with E-state index in [-0.39, 0.29) is 23.4 Å². The van der Waals surface area contributed by atoms with Crippen LogP contribution in [-0.4, -0.2) is 37.8 Å². The van der Waals surface area contributed by atoms with Gasteiger partial charge in [-0.05, 0) is 43.4 Å². The molecule has 1 aliphatic heterocycles. The molecule has 0 atom stereocenters. The van der Waals surface area contributed by atoms with E-state index >= 15 is 0 Å². The Bertz CT molecular complexity index is 692. The summed E-state index contributed by atoms with van der Waals surface area (Å²) in [6.45, 7) is 0.735. The summed E-state index contributed by atoms with van der Waals surface area (Å²) in [4.78, 5) is 12.3. The van der Waals surface area contributed by atoms with Crippen molar-refractivity contribution in [3.05, 3.63) is 35.6 Å². The van der Waals surface area contributed by atoms with Crippen molar-refractivity contribution in [2.45, 2.75) is 50.3 Å². The minimum absolute atomic E-state index is 0.0717. The lowest BCUT2D eigenvalue weighted by atomic mass is 9.97. The molecule has 1 amide bonds. The number of hydrogen-bond acceptors (Lipinski definition) is 3. The van der Waals surface area contributed by atoms with E-state index < -0.39 is 10.0 Å². The number of sulfonamides is 1. The maximum atomic E-state index is 12.9. The fourth-order valence-electron chi connectivity index (χ4n) is 3.67. The summed E-state index contributed by atoms with van der Waals surface area (Å²) in [5.41, 5.74) is 0.572. The first-order valence-electron chi connectivity index (χ1n) is 8.97. The minimum Gasteiger partial charge on any atom is -0.353 e. The fraction of sp³-hybridized carbons (Fsp3) is 0.611. The highest BCUT2D eigenvalue weighted by Crippen LogP contribution is 2.24. The summed E-state index contributed by atoms with van der Waals surface area (Å²) in [6.07, 6.45) is 5.56. The summed E-state index contributed by atoms with van der Waals surface area (Å²) in [5.74, 6) is -0.540. The summed E-state index contributed by atoms with van der Waals surface area (Å²) in [5, 5.41) is 3.10. The van der Waals surface area contributed by atoms with Crippen molar-refractivity contribution < 1.29 is 17.6 Å². The molecule has 5 nitrogen and oxygen atoms in total. The summed E-state index contributed by atoms with van der Waals surface area (Å²) < 4.78 is 39.4. The van der Waals surface area contributed by atoms with Gasteiger partial charge in [0.2, 0.25) is 15.9 Å². The third-order valence-corrected chi connectivity index (χ3v) is 7.03. The number of amides is 1. The van der Waals surface area contributed by atoms with E-state index in [0.29, 0.717) is 37.5 Å². The molecule has 25 heavy (non-hydrogen) atoms. The van der Waals surface area contributed by atoms with Crippen LogP contribution in [0.25, 0.3) is 0 Å². The standard InChI is InChI=1S/C18H25FN2O3S/c19-16-7-5-14(6-8-16)13-25(23,24)21-11-9-15(10-12-21)18(22)20-17-3-1-2-4-17/h5-8,15,17H,1-4,9-13H2,(H,20,22). The second kappa shape index (κ2) is 7.83. The van der Waals surface area contributed by atoms with Gasteiger partial charge in [0, 0.05) is 25.0 Å². The van der Waals surface area contributed by atoms with Gasteiger partial charge in [-0.2, -0.15) is 0 Å². The number of nitrogens with one attached hydrogen (secondary N) is 1. The molecule has 2 fully saturated rings. The Balaban J connectivity index is 1.52. The molecule has 2 aliphatic rings. The van der Waals surface area contributed by atoms with Crippen LogP contribution in [0.3, 0.4) is 0 Å². The zero-order chi connectivity index (χ0) is 17.9. The number of hydrogen-bond donors (Lipinski definition) is 1. The molecule has 1 saturated heterocycles. The predicted molar refractivity (Wildman–Crippen MR) is 93.7 cm³/mol. The molecule has 0 radical (unpaired) electrons. The lowest BCUT2D eigenvalue weighted by Crippen LogP contribution is -2.45. The van der Waals surface area contributed by atoms with Crippen LogP contribution in [0.2, 0.25) is 0 Å². The Labute approximate surface area is 148 Å². The highest BCUT2D eigenvalue weighted by atomic mass is 32.2. The van der Waals surface area contributed by atoms with Gasteiger partial charge in [0.25, 0.3) is 0 Å². The molecule has 1 aromatic rings. The molecule has 138 valence electrons. The fourth-order valence-corrected chi connectivity index (χ4v) is 5.23. The third-order valence-electron chi connectivity index (χ3n) is 5.18.